The van der Waals surface area contributed by atoms with E-state index in [2.05, 4.69) is 21.2 Å². The van der Waals surface area contributed by atoms with E-state index in [1.807, 2.05) is 24.3 Å². The number of aliphatic hydroxyl groups excluding tert-OH is 1. The Morgan fingerprint density at radius 3 is 2.63 bits per heavy atom. The van der Waals surface area contributed by atoms with E-state index in [1.54, 1.807) is 18.2 Å². The second kappa shape index (κ2) is 6.62. The maximum Gasteiger partial charge on any atom is 0.0759 e. The summed E-state index contributed by atoms with van der Waals surface area (Å²) in [4.78, 5) is 0. The number of anilines is 1. The number of rotatable bonds is 4. The van der Waals surface area contributed by atoms with Crippen LogP contribution < -0.4 is 5.32 Å². The molecule has 0 aliphatic rings. The molecule has 1 atom stereocenters. The highest BCUT2D eigenvalue weighted by atomic mass is 79.9. The molecule has 19 heavy (non-hydrogen) atoms. The number of nitrogens with one attached hydrogen (secondary N) is 1. The summed E-state index contributed by atoms with van der Waals surface area (Å²) >= 11 is 15.5. The van der Waals surface area contributed by atoms with E-state index in [4.69, 9.17) is 23.2 Å². The molecule has 0 aromatic heterocycles. The van der Waals surface area contributed by atoms with Crippen molar-refractivity contribution in [3.8, 4) is 0 Å². The maximum atomic E-state index is 9.56. The van der Waals surface area contributed by atoms with Crippen molar-refractivity contribution in [2.24, 2.45) is 0 Å². The number of hydrogen-bond acceptors (Lipinski definition) is 2. The third-order valence-corrected chi connectivity index (χ3v) is 3.75. The van der Waals surface area contributed by atoms with E-state index in [0.717, 1.165) is 15.7 Å². The van der Waals surface area contributed by atoms with Crippen LogP contribution in [-0.4, -0.2) is 11.7 Å². The Balaban J connectivity index is 2.27. The molecule has 0 bridgehead atoms. The predicted molar refractivity (Wildman–Crippen MR) is 84.1 cm³/mol. The third kappa shape index (κ3) is 3.86. The van der Waals surface area contributed by atoms with Gasteiger partial charge in [0.15, 0.2) is 0 Å². The van der Waals surface area contributed by atoms with Crippen molar-refractivity contribution in [3.05, 3.63) is 62.5 Å². The van der Waals surface area contributed by atoms with Gasteiger partial charge in [-0.3, -0.25) is 0 Å². The van der Waals surface area contributed by atoms with Gasteiger partial charge in [-0.15, -0.1) is 0 Å². The molecule has 0 saturated carbocycles. The van der Waals surface area contributed by atoms with Crippen LogP contribution in [0.2, 0.25) is 10.0 Å². The molecule has 0 amide bonds. The summed E-state index contributed by atoms with van der Waals surface area (Å²) in [6.45, 7) is -0.0668. The summed E-state index contributed by atoms with van der Waals surface area (Å²) in [6.07, 6.45) is 0. The van der Waals surface area contributed by atoms with E-state index < -0.39 is 0 Å². The molecular formula is C14H12BrCl2NO. The Morgan fingerprint density at radius 2 is 1.95 bits per heavy atom. The van der Waals surface area contributed by atoms with Crippen molar-refractivity contribution in [2.75, 3.05) is 11.9 Å². The lowest BCUT2D eigenvalue weighted by atomic mass is 10.1. The van der Waals surface area contributed by atoms with Crippen molar-refractivity contribution in [1.29, 1.82) is 0 Å². The van der Waals surface area contributed by atoms with Crippen molar-refractivity contribution in [2.45, 2.75) is 6.04 Å². The van der Waals surface area contributed by atoms with E-state index in [0.29, 0.717) is 10.0 Å². The molecule has 2 N–H and O–H groups in total. The minimum absolute atomic E-state index is 0.0668. The minimum Gasteiger partial charge on any atom is -0.394 e. The normalized spacial score (nSPS) is 12.2. The quantitative estimate of drug-likeness (QED) is 0.812. The lowest BCUT2D eigenvalue weighted by molar-refractivity contribution is 0.276. The van der Waals surface area contributed by atoms with Crippen LogP contribution in [0.5, 0.6) is 0 Å². The molecule has 2 aromatic rings. The minimum atomic E-state index is -0.288. The fraction of sp³-hybridized carbons (Fsp3) is 0.143. The first-order valence-electron chi connectivity index (χ1n) is 5.68. The molecule has 100 valence electrons. The van der Waals surface area contributed by atoms with Gasteiger partial charge in [-0.05, 0) is 42.0 Å². The van der Waals surface area contributed by atoms with Gasteiger partial charge in [0.1, 0.15) is 0 Å². The van der Waals surface area contributed by atoms with Gasteiger partial charge >= 0.3 is 0 Å². The van der Waals surface area contributed by atoms with Crippen molar-refractivity contribution < 1.29 is 5.11 Å². The van der Waals surface area contributed by atoms with E-state index in [9.17, 15) is 5.11 Å². The van der Waals surface area contributed by atoms with Gasteiger partial charge in [-0.2, -0.15) is 0 Å². The average Bonchev–Trinajstić information content (AvgIpc) is 2.39. The summed E-state index contributed by atoms with van der Waals surface area (Å²) in [5, 5.41) is 14.0. The second-order valence-electron chi connectivity index (χ2n) is 4.06. The Morgan fingerprint density at radius 1 is 1.16 bits per heavy atom. The summed E-state index contributed by atoms with van der Waals surface area (Å²) in [7, 11) is 0. The third-order valence-electron chi connectivity index (χ3n) is 2.68. The Kier molecular flexibility index (Phi) is 5.11. The molecule has 1 unspecified atom stereocenters. The van der Waals surface area contributed by atoms with Crippen molar-refractivity contribution in [1.82, 2.24) is 0 Å². The van der Waals surface area contributed by atoms with Crippen LogP contribution >= 0.6 is 39.1 Å². The lowest BCUT2D eigenvalue weighted by Crippen LogP contribution is -2.15. The topological polar surface area (TPSA) is 32.3 Å². The van der Waals surface area contributed by atoms with E-state index in [-0.39, 0.29) is 12.6 Å². The van der Waals surface area contributed by atoms with E-state index >= 15 is 0 Å². The molecule has 0 spiro atoms. The monoisotopic (exact) mass is 359 g/mol. The molecule has 0 aliphatic carbocycles. The largest absolute Gasteiger partial charge is 0.394 e. The predicted octanol–water partition coefficient (Wildman–Crippen LogP) is 4.90. The highest BCUT2D eigenvalue weighted by molar-refractivity contribution is 9.10. The van der Waals surface area contributed by atoms with Gasteiger partial charge in [0.25, 0.3) is 0 Å². The molecule has 2 aromatic carbocycles. The molecule has 0 aliphatic heterocycles. The highest BCUT2D eigenvalue weighted by Gasteiger charge is 2.14. The molecule has 2 rings (SSSR count). The smallest absolute Gasteiger partial charge is 0.0759 e. The highest BCUT2D eigenvalue weighted by Crippen LogP contribution is 2.29. The first kappa shape index (κ1) is 14.7. The lowest BCUT2D eigenvalue weighted by Gasteiger charge is -2.19. The second-order valence-corrected chi connectivity index (χ2v) is 5.81. The summed E-state index contributed by atoms with van der Waals surface area (Å²) in [5.74, 6) is 0. The fourth-order valence-electron chi connectivity index (χ4n) is 1.78. The van der Waals surface area contributed by atoms with Crippen LogP contribution in [0, 0.1) is 0 Å². The first-order valence-corrected chi connectivity index (χ1v) is 7.23. The van der Waals surface area contributed by atoms with Crippen LogP contribution in [-0.2, 0) is 0 Å². The van der Waals surface area contributed by atoms with Crippen LogP contribution in [0.3, 0.4) is 0 Å². The van der Waals surface area contributed by atoms with Crippen LogP contribution in [0.4, 0.5) is 5.69 Å². The SMILES string of the molecule is OCC(Nc1cccc(Cl)c1)c1cc(Br)ccc1Cl. The molecule has 0 saturated heterocycles. The van der Waals surface area contributed by atoms with Gasteiger partial charge in [0.05, 0.1) is 12.6 Å². The van der Waals surface area contributed by atoms with Crippen LogP contribution in [0.25, 0.3) is 0 Å². The van der Waals surface area contributed by atoms with Gasteiger partial charge in [-0.1, -0.05) is 45.2 Å². The zero-order chi connectivity index (χ0) is 13.8. The fourth-order valence-corrected chi connectivity index (χ4v) is 2.60. The average molecular weight is 361 g/mol. The Bertz CT molecular complexity index is 577. The standard InChI is InChI=1S/C14H12BrCl2NO/c15-9-4-5-13(17)12(6-9)14(8-19)18-11-3-1-2-10(16)7-11/h1-7,14,18-19H,8H2. The zero-order valence-corrected chi connectivity index (χ0v) is 13.0. The number of aliphatic hydroxyl groups is 1. The summed E-state index contributed by atoms with van der Waals surface area (Å²) < 4.78 is 0.915. The van der Waals surface area contributed by atoms with Gasteiger partial charge in [-0.25, -0.2) is 0 Å². The van der Waals surface area contributed by atoms with Crippen molar-refractivity contribution >= 4 is 44.8 Å². The Hall–Kier alpha value is -0.740. The van der Waals surface area contributed by atoms with Crippen LogP contribution in [0.1, 0.15) is 11.6 Å². The first-order chi connectivity index (χ1) is 9.10. The van der Waals surface area contributed by atoms with Gasteiger partial charge in [0, 0.05) is 20.2 Å². The number of hydrogen-bond donors (Lipinski definition) is 2. The molecular weight excluding hydrogens is 349 g/mol. The van der Waals surface area contributed by atoms with Crippen molar-refractivity contribution in [3.63, 3.8) is 0 Å². The van der Waals surface area contributed by atoms with Gasteiger partial charge in [0.2, 0.25) is 0 Å². The molecule has 0 heterocycles. The molecule has 0 fully saturated rings. The molecule has 2 nitrogen and oxygen atoms in total. The van der Waals surface area contributed by atoms with Gasteiger partial charge < -0.3 is 10.4 Å². The summed E-state index contributed by atoms with van der Waals surface area (Å²) in [5.41, 5.74) is 1.67. The van der Waals surface area contributed by atoms with Crippen LogP contribution in [0.15, 0.2) is 46.9 Å². The zero-order valence-electron chi connectivity index (χ0n) is 9.91. The number of halogens is 3. The number of benzene rings is 2. The summed E-state index contributed by atoms with van der Waals surface area (Å²) in [6, 6.07) is 12.6. The van der Waals surface area contributed by atoms with E-state index in [1.165, 1.54) is 0 Å². The maximum absolute atomic E-state index is 9.56. The molecule has 0 radical (unpaired) electrons. The molecule has 5 heteroatoms. The Labute approximate surface area is 130 Å².